The Morgan fingerprint density at radius 1 is 1.08 bits per heavy atom. The molecule has 0 atom stereocenters. The first-order chi connectivity index (χ1) is 11.4. The molecule has 0 N–H and O–H groups in total. The van der Waals surface area contributed by atoms with Crippen LogP contribution in [0.15, 0.2) is 48.5 Å². The highest BCUT2D eigenvalue weighted by Crippen LogP contribution is 2.36. The summed E-state index contributed by atoms with van der Waals surface area (Å²) in [6, 6.07) is 12.0. The fourth-order valence-electron chi connectivity index (χ4n) is 2.36. The van der Waals surface area contributed by atoms with Gasteiger partial charge in [0.1, 0.15) is 5.75 Å². The van der Waals surface area contributed by atoms with Gasteiger partial charge in [0.05, 0.1) is 16.2 Å². The number of hydrogen-bond donors (Lipinski definition) is 0. The van der Waals surface area contributed by atoms with Crippen LogP contribution in [0.3, 0.4) is 0 Å². The zero-order valence-electron chi connectivity index (χ0n) is 12.0. The Morgan fingerprint density at radius 3 is 2.54 bits per heavy atom. The van der Waals surface area contributed by atoms with Crippen LogP contribution in [0.1, 0.15) is 10.4 Å². The van der Waals surface area contributed by atoms with Crippen molar-refractivity contribution in [2.24, 2.45) is 0 Å². The molecule has 0 aliphatic heterocycles. The molecular formula is C17H9ClF3NO2. The Bertz CT molecular complexity index is 925. The molecule has 0 saturated heterocycles. The summed E-state index contributed by atoms with van der Waals surface area (Å²) in [6.07, 6.45) is -4.32. The maximum atomic E-state index is 12.6. The van der Waals surface area contributed by atoms with Crippen molar-refractivity contribution in [3.05, 3.63) is 59.1 Å². The second kappa shape index (κ2) is 6.13. The summed E-state index contributed by atoms with van der Waals surface area (Å²) in [4.78, 5) is 15.7. The maximum absolute atomic E-state index is 12.6. The maximum Gasteiger partial charge on any atom is 0.573 e. The molecule has 24 heavy (non-hydrogen) atoms. The Kier molecular flexibility index (Phi) is 4.15. The summed E-state index contributed by atoms with van der Waals surface area (Å²) >= 11 is 6.10. The lowest BCUT2D eigenvalue weighted by atomic mass is 10.0. The van der Waals surface area contributed by atoms with Crippen LogP contribution in [0, 0.1) is 0 Å². The number of halogens is 4. The van der Waals surface area contributed by atoms with Gasteiger partial charge in [0.25, 0.3) is 0 Å². The number of aromatic nitrogens is 1. The number of benzene rings is 2. The topological polar surface area (TPSA) is 39.2 Å². The predicted octanol–water partition coefficient (Wildman–Crippen LogP) is 5.27. The molecule has 1 heterocycles. The third kappa shape index (κ3) is 3.19. The Hall–Kier alpha value is -2.60. The van der Waals surface area contributed by atoms with Crippen LogP contribution >= 0.6 is 11.6 Å². The van der Waals surface area contributed by atoms with Crippen LogP contribution in [-0.4, -0.2) is 17.6 Å². The van der Waals surface area contributed by atoms with Crippen molar-refractivity contribution in [2.45, 2.75) is 6.36 Å². The van der Waals surface area contributed by atoms with Crippen LogP contribution in [0.5, 0.6) is 5.75 Å². The summed E-state index contributed by atoms with van der Waals surface area (Å²) in [6.45, 7) is 0. The fraction of sp³-hybridized carbons (Fsp3) is 0.0588. The third-order valence-corrected chi connectivity index (χ3v) is 3.63. The quantitative estimate of drug-likeness (QED) is 0.604. The molecule has 0 fully saturated rings. The van der Waals surface area contributed by atoms with Gasteiger partial charge in [-0.05, 0) is 24.3 Å². The SMILES string of the molecule is O=Cc1cc2cccc(Cl)c2nc1-c1ccccc1OC(F)(F)F. The van der Waals surface area contributed by atoms with Gasteiger partial charge in [-0.25, -0.2) is 4.98 Å². The van der Waals surface area contributed by atoms with E-state index < -0.39 is 12.1 Å². The fourth-order valence-corrected chi connectivity index (χ4v) is 2.58. The van der Waals surface area contributed by atoms with Gasteiger partial charge in [0.2, 0.25) is 0 Å². The molecule has 7 heteroatoms. The van der Waals surface area contributed by atoms with E-state index in [-0.39, 0.29) is 16.8 Å². The molecule has 0 radical (unpaired) electrons. The Balaban J connectivity index is 2.26. The Labute approximate surface area is 139 Å². The van der Waals surface area contributed by atoms with Crippen LogP contribution in [0.4, 0.5) is 13.2 Å². The molecule has 0 aliphatic carbocycles. The normalized spacial score (nSPS) is 11.5. The number of nitrogens with zero attached hydrogens (tertiary/aromatic N) is 1. The molecule has 0 aliphatic rings. The molecule has 122 valence electrons. The van der Waals surface area contributed by atoms with Crippen LogP contribution in [0.25, 0.3) is 22.2 Å². The molecule has 0 amide bonds. The van der Waals surface area contributed by atoms with E-state index in [4.69, 9.17) is 11.6 Å². The van der Waals surface area contributed by atoms with Crippen molar-refractivity contribution in [1.29, 1.82) is 0 Å². The standard InChI is InChI=1S/C17H9ClF3NO2/c18-13-6-3-4-10-8-11(9-23)15(22-16(10)13)12-5-1-2-7-14(12)24-17(19,20)21/h1-9H. The predicted molar refractivity (Wildman–Crippen MR) is 84.3 cm³/mol. The van der Waals surface area contributed by atoms with Gasteiger partial charge in [-0.3, -0.25) is 4.79 Å². The number of alkyl halides is 3. The second-order valence-electron chi connectivity index (χ2n) is 4.90. The lowest BCUT2D eigenvalue weighted by Gasteiger charge is -2.14. The van der Waals surface area contributed by atoms with Gasteiger partial charge in [-0.1, -0.05) is 35.9 Å². The first kappa shape index (κ1) is 16.3. The van der Waals surface area contributed by atoms with Gasteiger partial charge >= 0.3 is 6.36 Å². The molecule has 3 rings (SSSR count). The van der Waals surface area contributed by atoms with E-state index in [1.165, 1.54) is 24.3 Å². The zero-order valence-corrected chi connectivity index (χ0v) is 12.7. The molecule has 3 aromatic rings. The number of aldehydes is 1. The first-order valence-electron chi connectivity index (χ1n) is 6.78. The van der Waals surface area contributed by atoms with Crippen LogP contribution in [0.2, 0.25) is 5.02 Å². The monoisotopic (exact) mass is 351 g/mol. The summed E-state index contributed by atoms with van der Waals surface area (Å²) in [7, 11) is 0. The first-order valence-corrected chi connectivity index (χ1v) is 7.16. The molecule has 0 saturated carbocycles. The van der Waals surface area contributed by atoms with E-state index >= 15 is 0 Å². The van der Waals surface area contributed by atoms with Crippen molar-refractivity contribution in [2.75, 3.05) is 0 Å². The minimum atomic E-state index is -4.86. The number of rotatable bonds is 3. The van der Waals surface area contributed by atoms with Crippen molar-refractivity contribution in [3.8, 4) is 17.0 Å². The number of para-hydroxylation sites is 2. The highest BCUT2D eigenvalue weighted by atomic mass is 35.5. The second-order valence-corrected chi connectivity index (χ2v) is 5.31. The number of ether oxygens (including phenoxy) is 1. The summed E-state index contributed by atoms with van der Waals surface area (Å²) in [5.74, 6) is -0.438. The summed E-state index contributed by atoms with van der Waals surface area (Å²) in [5.41, 5.74) is 0.661. The average Bonchev–Trinajstić information content (AvgIpc) is 2.53. The number of carbonyl (C=O) groups is 1. The number of fused-ring (bicyclic) bond motifs is 1. The van der Waals surface area contributed by atoms with Crippen LogP contribution < -0.4 is 4.74 Å². The lowest BCUT2D eigenvalue weighted by Crippen LogP contribution is -2.17. The minimum absolute atomic E-state index is 0.0544. The van der Waals surface area contributed by atoms with E-state index in [2.05, 4.69) is 9.72 Å². The number of hydrogen-bond acceptors (Lipinski definition) is 3. The van der Waals surface area contributed by atoms with Gasteiger partial charge in [0, 0.05) is 16.5 Å². The molecule has 0 bridgehead atoms. The summed E-state index contributed by atoms with van der Waals surface area (Å²) in [5, 5.41) is 0.947. The number of carbonyl (C=O) groups excluding carboxylic acids is 1. The highest BCUT2D eigenvalue weighted by molar-refractivity contribution is 6.35. The number of pyridine rings is 1. The average molecular weight is 352 g/mol. The zero-order chi connectivity index (χ0) is 17.3. The van der Waals surface area contributed by atoms with Gasteiger partial charge < -0.3 is 4.74 Å². The van der Waals surface area contributed by atoms with Crippen molar-refractivity contribution >= 4 is 28.8 Å². The van der Waals surface area contributed by atoms with E-state index in [9.17, 15) is 18.0 Å². The van der Waals surface area contributed by atoms with E-state index in [0.29, 0.717) is 22.2 Å². The molecule has 1 aromatic heterocycles. The lowest BCUT2D eigenvalue weighted by molar-refractivity contribution is -0.274. The van der Waals surface area contributed by atoms with Gasteiger partial charge in [-0.2, -0.15) is 0 Å². The molecule has 0 unspecified atom stereocenters. The molecule has 3 nitrogen and oxygen atoms in total. The van der Waals surface area contributed by atoms with Gasteiger partial charge in [-0.15, -0.1) is 13.2 Å². The molecule has 2 aromatic carbocycles. The third-order valence-electron chi connectivity index (χ3n) is 3.32. The largest absolute Gasteiger partial charge is 0.573 e. The van der Waals surface area contributed by atoms with E-state index in [0.717, 1.165) is 6.07 Å². The smallest absolute Gasteiger partial charge is 0.405 e. The molecule has 0 spiro atoms. The van der Waals surface area contributed by atoms with Crippen LogP contribution in [-0.2, 0) is 0 Å². The summed E-state index contributed by atoms with van der Waals surface area (Å²) < 4.78 is 41.9. The van der Waals surface area contributed by atoms with Crippen molar-refractivity contribution < 1.29 is 22.7 Å². The Morgan fingerprint density at radius 2 is 1.83 bits per heavy atom. The highest BCUT2D eigenvalue weighted by Gasteiger charge is 2.32. The van der Waals surface area contributed by atoms with E-state index in [1.807, 2.05) is 0 Å². The molecular weight excluding hydrogens is 343 g/mol. The van der Waals surface area contributed by atoms with Gasteiger partial charge in [0.15, 0.2) is 6.29 Å². The van der Waals surface area contributed by atoms with Crippen molar-refractivity contribution in [3.63, 3.8) is 0 Å². The van der Waals surface area contributed by atoms with Crippen molar-refractivity contribution in [1.82, 2.24) is 4.98 Å². The minimum Gasteiger partial charge on any atom is -0.405 e. The van der Waals surface area contributed by atoms with E-state index in [1.54, 1.807) is 18.2 Å².